The van der Waals surface area contributed by atoms with Gasteiger partial charge >= 0.3 is 0 Å². The van der Waals surface area contributed by atoms with Gasteiger partial charge in [0.1, 0.15) is 13.1 Å². The molecule has 0 aromatic rings. The fourth-order valence-electron chi connectivity index (χ4n) is 1.46. The molecule has 0 atom stereocenters. The van der Waals surface area contributed by atoms with Crippen molar-refractivity contribution in [2.24, 2.45) is 0 Å². The van der Waals surface area contributed by atoms with Gasteiger partial charge in [-0.1, -0.05) is 0 Å². The lowest BCUT2D eigenvalue weighted by Crippen LogP contribution is -3.00. The van der Waals surface area contributed by atoms with Gasteiger partial charge in [-0.2, -0.15) is 0 Å². The molecule has 1 fully saturated rings. The van der Waals surface area contributed by atoms with Crippen LogP contribution in [0.1, 0.15) is 6.42 Å². The van der Waals surface area contributed by atoms with Crippen LogP contribution in [-0.4, -0.2) is 56.1 Å². The molecule has 3 nitrogen and oxygen atoms in total. The van der Waals surface area contributed by atoms with Crippen molar-refractivity contribution in [2.75, 3.05) is 46.5 Å². The minimum Gasteiger partial charge on any atom is -1.00 e. The van der Waals surface area contributed by atoms with Gasteiger partial charge in [-0.15, -0.1) is 0 Å². The molecule has 0 unspecified atom stereocenters. The molecule has 1 heterocycles. The highest BCUT2D eigenvalue weighted by molar-refractivity contribution is 4.46. The van der Waals surface area contributed by atoms with Gasteiger partial charge in [-0.05, 0) is 0 Å². The summed E-state index contributed by atoms with van der Waals surface area (Å²) in [6.07, 6.45) is 0.913. The Balaban J connectivity index is 0.00000121. The number of nitrogens with zero attached hydrogens (tertiary/aromatic N) is 1. The van der Waals surface area contributed by atoms with E-state index in [9.17, 15) is 0 Å². The first kappa shape index (κ1) is 12.2. The summed E-state index contributed by atoms with van der Waals surface area (Å²) in [5, 5.41) is 8.67. The fraction of sp³-hybridized carbons (Fsp3) is 1.00. The van der Waals surface area contributed by atoms with Crippen molar-refractivity contribution in [3.05, 3.63) is 0 Å². The van der Waals surface area contributed by atoms with Gasteiger partial charge in [0.15, 0.2) is 0 Å². The number of hydrogen-bond acceptors (Lipinski definition) is 2. The zero-order valence-corrected chi connectivity index (χ0v) is 8.39. The predicted molar refractivity (Wildman–Crippen MR) is 43.3 cm³/mol. The minimum absolute atomic E-state index is 0. The maximum Gasteiger partial charge on any atom is 0.102 e. The third kappa shape index (κ3) is 3.72. The standard InChI is InChI=1S/C8H18NO2.ClH/c1-9(3-2-6-10)4-7-11-8-5-9;/h10H,2-8H2,1H3;1H/q+1;/p-1. The highest BCUT2D eigenvalue weighted by Gasteiger charge is 2.23. The first-order valence-corrected chi connectivity index (χ1v) is 4.29. The quantitative estimate of drug-likeness (QED) is 0.483. The number of likely N-dealkylation sites (N-methyl/N-ethyl adjacent to an activating group) is 1. The second-order valence-electron chi connectivity index (χ2n) is 3.48. The third-order valence-electron chi connectivity index (χ3n) is 2.41. The molecule has 4 heteroatoms. The Hall–Kier alpha value is 0.170. The van der Waals surface area contributed by atoms with E-state index in [0.717, 1.165) is 43.8 Å². The van der Waals surface area contributed by atoms with Crippen LogP contribution in [0, 0.1) is 0 Å². The van der Waals surface area contributed by atoms with E-state index in [1.165, 1.54) is 0 Å². The first-order valence-electron chi connectivity index (χ1n) is 4.29. The SMILES string of the molecule is C[N+]1(CCCO)CCOCC1.[Cl-]. The molecule has 1 aliphatic rings. The molecule has 1 saturated heterocycles. The summed E-state index contributed by atoms with van der Waals surface area (Å²) in [6, 6.07) is 0. The van der Waals surface area contributed by atoms with E-state index in [4.69, 9.17) is 9.84 Å². The highest BCUT2D eigenvalue weighted by Crippen LogP contribution is 2.07. The van der Waals surface area contributed by atoms with E-state index in [0.29, 0.717) is 6.61 Å². The lowest BCUT2D eigenvalue weighted by Gasteiger charge is -2.37. The summed E-state index contributed by atoms with van der Waals surface area (Å²) in [6.45, 7) is 5.35. The lowest BCUT2D eigenvalue weighted by molar-refractivity contribution is -0.917. The third-order valence-corrected chi connectivity index (χ3v) is 2.41. The summed E-state index contributed by atoms with van der Waals surface area (Å²) in [5.74, 6) is 0. The largest absolute Gasteiger partial charge is 1.00 e. The van der Waals surface area contributed by atoms with Crippen LogP contribution >= 0.6 is 0 Å². The number of halogens is 1. The predicted octanol–water partition coefficient (Wildman–Crippen LogP) is -3.15. The van der Waals surface area contributed by atoms with Crippen molar-refractivity contribution in [1.82, 2.24) is 0 Å². The number of rotatable bonds is 3. The summed E-state index contributed by atoms with van der Waals surface area (Å²) >= 11 is 0. The molecule has 0 radical (unpaired) electrons. The molecule has 0 spiro atoms. The smallest absolute Gasteiger partial charge is 0.102 e. The van der Waals surface area contributed by atoms with E-state index >= 15 is 0 Å². The van der Waals surface area contributed by atoms with Crippen molar-refractivity contribution in [3.63, 3.8) is 0 Å². The van der Waals surface area contributed by atoms with E-state index in [-0.39, 0.29) is 12.4 Å². The maximum absolute atomic E-state index is 8.67. The second-order valence-corrected chi connectivity index (χ2v) is 3.48. The van der Waals surface area contributed by atoms with Crippen LogP contribution < -0.4 is 12.4 Å². The molecule has 1 N–H and O–H groups in total. The van der Waals surface area contributed by atoms with Crippen molar-refractivity contribution < 1.29 is 26.7 Å². The van der Waals surface area contributed by atoms with Crippen LogP contribution in [0.3, 0.4) is 0 Å². The Morgan fingerprint density at radius 1 is 1.33 bits per heavy atom. The van der Waals surface area contributed by atoms with Gasteiger partial charge in [0.05, 0.1) is 26.8 Å². The Kier molecular flexibility index (Phi) is 5.84. The van der Waals surface area contributed by atoms with E-state index < -0.39 is 0 Å². The van der Waals surface area contributed by atoms with E-state index in [2.05, 4.69) is 7.05 Å². The normalized spacial score (nSPS) is 21.5. The van der Waals surface area contributed by atoms with Crippen molar-refractivity contribution in [2.45, 2.75) is 6.42 Å². The van der Waals surface area contributed by atoms with Crippen LogP contribution in [0.15, 0.2) is 0 Å². The average Bonchev–Trinajstić information content (AvgIpc) is 2.03. The number of aliphatic hydroxyl groups excluding tert-OH is 1. The molecule has 0 aliphatic carbocycles. The number of aliphatic hydroxyl groups is 1. The van der Waals surface area contributed by atoms with Gasteiger partial charge in [-0.25, -0.2) is 0 Å². The number of morpholine rings is 1. The minimum atomic E-state index is 0. The monoisotopic (exact) mass is 195 g/mol. The molecule has 74 valence electrons. The van der Waals surface area contributed by atoms with Crippen LogP contribution in [-0.2, 0) is 4.74 Å². The molecule has 1 rings (SSSR count). The summed E-state index contributed by atoms with van der Waals surface area (Å²) < 4.78 is 6.34. The van der Waals surface area contributed by atoms with Crippen LogP contribution in [0.5, 0.6) is 0 Å². The van der Waals surface area contributed by atoms with Gasteiger partial charge in [0, 0.05) is 13.0 Å². The van der Waals surface area contributed by atoms with E-state index in [1.54, 1.807) is 0 Å². The average molecular weight is 196 g/mol. The van der Waals surface area contributed by atoms with Crippen LogP contribution in [0.4, 0.5) is 0 Å². The zero-order chi connectivity index (χ0) is 8.16. The summed E-state index contributed by atoms with van der Waals surface area (Å²) in [5.41, 5.74) is 0. The summed E-state index contributed by atoms with van der Waals surface area (Å²) in [4.78, 5) is 0. The van der Waals surface area contributed by atoms with E-state index in [1.807, 2.05) is 0 Å². The second kappa shape index (κ2) is 5.75. The molecular formula is C8H18ClNO2. The highest BCUT2D eigenvalue weighted by atomic mass is 35.5. The Morgan fingerprint density at radius 2 is 1.92 bits per heavy atom. The Morgan fingerprint density at radius 3 is 2.42 bits per heavy atom. The van der Waals surface area contributed by atoms with Crippen LogP contribution in [0.25, 0.3) is 0 Å². The molecule has 0 aromatic heterocycles. The Bertz CT molecular complexity index is 116. The van der Waals surface area contributed by atoms with Crippen molar-refractivity contribution in [3.8, 4) is 0 Å². The van der Waals surface area contributed by atoms with Gasteiger partial charge in [0.2, 0.25) is 0 Å². The maximum atomic E-state index is 8.67. The Labute approximate surface area is 80.3 Å². The molecule has 0 amide bonds. The molecule has 0 bridgehead atoms. The molecular weight excluding hydrogens is 178 g/mol. The fourth-order valence-corrected chi connectivity index (χ4v) is 1.46. The number of quaternary nitrogens is 1. The molecule has 0 saturated carbocycles. The molecule has 1 aliphatic heterocycles. The lowest BCUT2D eigenvalue weighted by atomic mass is 10.3. The van der Waals surface area contributed by atoms with Crippen LogP contribution in [0.2, 0.25) is 0 Å². The molecule has 12 heavy (non-hydrogen) atoms. The molecule has 0 aromatic carbocycles. The summed E-state index contributed by atoms with van der Waals surface area (Å²) in [7, 11) is 2.23. The number of hydrogen-bond donors (Lipinski definition) is 1. The van der Waals surface area contributed by atoms with Crippen molar-refractivity contribution >= 4 is 0 Å². The zero-order valence-electron chi connectivity index (χ0n) is 7.63. The van der Waals surface area contributed by atoms with Gasteiger partial charge < -0.3 is 26.7 Å². The topological polar surface area (TPSA) is 29.5 Å². The van der Waals surface area contributed by atoms with Gasteiger partial charge in [0.25, 0.3) is 0 Å². The van der Waals surface area contributed by atoms with Gasteiger partial charge in [-0.3, -0.25) is 0 Å². The first-order chi connectivity index (χ1) is 5.27. The van der Waals surface area contributed by atoms with Crippen molar-refractivity contribution in [1.29, 1.82) is 0 Å². The number of ether oxygens (including phenoxy) is 1.